The number of fused-ring (bicyclic) bond motifs is 1. The van der Waals surface area contributed by atoms with Crippen LogP contribution < -0.4 is 43.2 Å². The lowest BCUT2D eigenvalue weighted by Gasteiger charge is -2.26. The number of imidazole rings is 1. The van der Waals surface area contributed by atoms with Crippen LogP contribution in [0.1, 0.15) is 49.9 Å². The van der Waals surface area contributed by atoms with E-state index in [1.54, 1.807) is 6.20 Å². The van der Waals surface area contributed by atoms with Crippen LogP contribution in [0.25, 0.3) is 10.9 Å². The molecular weight excluding hydrogens is 678 g/mol. The molecule has 16 heteroatoms. The predicted octanol–water partition coefficient (Wildman–Crippen LogP) is 0.831. The van der Waals surface area contributed by atoms with Gasteiger partial charge in [0.1, 0.15) is 18.1 Å². The molecule has 0 aliphatic rings. The lowest BCUT2D eigenvalue weighted by atomic mass is 10.0. The van der Waals surface area contributed by atoms with Gasteiger partial charge >= 0.3 is 6.03 Å². The summed E-state index contributed by atoms with van der Waals surface area (Å²) in [5.41, 5.74) is 14.9. The van der Waals surface area contributed by atoms with Gasteiger partial charge in [-0.15, -0.1) is 0 Å². The minimum atomic E-state index is -1.09. The van der Waals surface area contributed by atoms with E-state index in [-0.39, 0.29) is 31.8 Å². The number of rotatable bonds is 21. The van der Waals surface area contributed by atoms with Crippen LogP contribution in [0, 0.1) is 0 Å². The van der Waals surface area contributed by atoms with Gasteiger partial charge in [0.25, 0.3) is 0 Å². The highest BCUT2D eigenvalue weighted by Gasteiger charge is 2.30. The first kappa shape index (κ1) is 40.0. The molecule has 4 rings (SSSR count). The van der Waals surface area contributed by atoms with Gasteiger partial charge in [0.2, 0.25) is 23.6 Å². The van der Waals surface area contributed by atoms with Crippen molar-refractivity contribution in [3.8, 4) is 0 Å². The number of carbonyl (C=O) groups excluding carboxylic acids is 5. The molecule has 6 amide bonds. The van der Waals surface area contributed by atoms with Gasteiger partial charge < -0.3 is 42.3 Å². The third-order valence-corrected chi connectivity index (χ3v) is 8.58. The number of hydrogen-bond donors (Lipinski definition) is 10. The average molecular weight is 730 g/mol. The maximum Gasteiger partial charge on any atom is 0.329 e. The summed E-state index contributed by atoms with van der Waals surface area (Å²) in [6.07, 6.45) is 7.01. The number of amides is 6. The highest BCUT2D eigenvalue weighted by atomic mass is 16.2. The predicted molar refractivity (Wildman–Crippen MR) is 201 cm³/mol. The summed E-state index contributed by atoms with van der Waals surface area (Å²) < 4.78 is 0. The maximum atomic E-state index is 14.1. The zero-order valence-electron chi connectivity index (χ0n) is 30.2. The number of nitrogens with one attached hydrogen (secondary N) is 9. The van der Waals surface area contributed by atoms with E-state index >= 15 is 0 Å². The largest absolute Gasteiger partial charge is 0.361 e. The summed E-state index contributed by atoms with van der Waals surface area (Å²) in [5, 5.41) is 15.1. The first-order chi connectivity index (χ1) is 25.7. The number of aromatic amines is 2. The average Bonchev–Trinajstić information content (AvgIpc) is 3.82. The van der Waals surface area contributed by atoms with Crippen LogP contribution in [0.2, 0.25) is 0 Å². The number of hydrogen-bond acceptors (Lipinski definition) is 8. The van der Waals surface area contributed by atoms with Crippen LogP contribution in [0.15, 0.2) is 73.3 Å². The van der Waals surface area contributed by atoms with E-state index in [9.17, 15) is 24.0 Å². The van der Waals surface area contributed by atoms with E-state index in [0.29, 0.717) is 38.0 Å². The summed E-state index contributed by atoms with van der Waals surface area (Å²) >= 11 is 0. The van der Waals surface area contributed by atoms with Gasteiger partial charge in [0, 0.05) is 74.4 Å². The van der Waals surface area contributed by atoms with E-state index in [1.807, 2.05) is 67.7 Å². The molecule has 2 aromatic carbocycles. The number of hydrazine groups is 1. The van der Waals surface area contributed by atoms with E-state index in [4.69, 9.17) is 5.73 Å². The molecule has 0 aliphatic carbocycles. The molecule has 2 aromatic heterocycles. The van der Waals surface area contributed by atoms with Gasteiger partial charge in [-0.05, 0) is 49.8 Å². The fourth-order valence-electron chi connectivity index (χ4n) is 5.91. The molecule has 0 unspecified atom stereocenters. The molecule has 0 saturated heterocycles. The van der Waals surface area contributed by atoms with Gasteiger partial charge in [-0.3, -0.25) is 24.6 Å². The number of nitrogens with two attached hydrogens (primary N) is 1. The molecule has 53 heavy (non-hydrogen) atoms. The smallest absolute Gasteiger partial charge is 0.329 e. The number of unbranched alkanes of at least 4 members (excludes halogenated alkanes) is 1. The van der Waals surface area contributed by atoms with Gasteiger partial charge in [-0.2, -0.15) is 0 Å². The number of benzene rings is 2. The zero-order chi connectivity index (χ0) is 38.0. The summed E-state index contributed by atoms with van der Waals surface area (Å²) in [6.45, 7) is 4.20. The van der Waals surface area contributed by atoms with Crippen LogP contribution in [0.5, 0.6) is 0 Å². The van der Waals surface area contributed by atoms with Crippen molar-refractivity contribution in [2.24, 2.45) is 5.73 Å². The lowest BCUT2D eigenvalue weighted by Crippen LogP contribution is -2.58. The molecule has 0 aliphatic heterocycles. The second-order valence-electron chi connectivity index (χ2n) is 12.8. The second-order valence-corrected chi connectivity index (χ2v) is 12.8. The lowest BCUT2D eigenvalue weighted by molar-refractivity contribution is -0.133. The van der Waals surface area contributed by atoms with Crippen molar-refractivity contribution in [2.75, 3.05) is 19.6 Å². The Bertz CT molecular complexity index is 1760. The molecule has 11 N–H and O–H groups in total. The fraction of sp³-hybridized carbons (Fsp3) is 0.405. The molecule has 0 bridgehead atoms. The second kappa shape index (κ2) is 20.9. The number of H-pyrrole nitrogens is 2. The van der Waals surface area contributed by atoms with Crippen molar-refractivity contribution >= 4 is 40.6 Å². The summed E-state index contributed by atoms with van der Waals surface area (Å²) in [5.74, 6) is -1.97. The Morgan fingerprint density at radius 3 is 2.19 bits per heavy atom. The van der Waals surface area contributed by atoms with Crippen LogP contribution in [-0.4, -0.2) is 88.4 Å². The number of nitrogens with zero attached hydrogens (tertiary/aromatic N) is 1. The number of urea groups is 1. The van der Waals surface area contributed by atoms with E-state index in [1.165, 1.54) is 13.3 Å². The SMILES string of the molecule is CCNC(=O)NNCCCC[C@H](NC(=O)[C@@H](Cc1ccccc1)NC(=O)[C@H](Cc1cnc[nH]1)NC(C)=O)C(=O)N[C@H](CN)Cc1c[nH]c2ccccc12. The van der Waals surface area contributed by atoms with Gasteiger partial charge in [-0.1, -0.05) is 48.5 Å². The summed E-state index contributed by atoms with van der Waals surface area (Å²) in [7, 11) is 0. The molecule has 0 saturated carbocycles. The molecule has 4 atom stereocenters. The first-order valence-corrected chi connectivity index (χ1v) is 17.9. The van der Waals surface area contributed by atoms with E-state index in [0.717, 1.165) is 22.0 Å². The molecule has 0 spiro atoms. The van der Waals surface area contributed by atoms with Gasteiger partial charge in [-0.25, -0.2) is 15.2 Å². The molecule has 4 aromatic rings. The van der Waals surface area contributed by atoms with Crippen molar-refractivity contribution in [1.29, 1.82) is 0 Å². The Kier molecular flexibility index (Phi) is 15.8. The summed E-state index contributed by atoms with van der Waals surface area (Å²) in [4.78, 5) is 75.6. The van der Waals surface area contributed by atoms with Crippen LogP contribution in [0.3, 0.4) is 0 Å². The molecule has 0 fully saturated rings. The van der Waals surface area contributed by atoms with E-state index in [2.05, 4.69) is 52.4 Å². The normalized spacial score (nSPS) is 13.3. The molecule has 0 radical (unpaired) electrons. The van der Waals surface area contributed by atoms with Gasteiger partial charge in [0.05, 0.1) is 6.33 Å². The highest BCUT2D eigenvalue weighted by Crippen LogP contribution is 2.19. The molecule has 284 valence electrons. The van der Waals surface area contributed by atoms with Crippen LogP contribution in [-0.2, 0) is 38.4 Å². The first-order valence-electron chi connectivity index (χ1n) is 17.9. The Morgan fingerprint density at radius 2 is 1.49 bits per heavy atom. The number of carbonyl (C=O) groups is 5. The van der Waals surface area contributed by atoms with Crippen molar-refractivity contribution in [3.05, 3.63) is 90.1 Å². The van der Waals surface area contributed by atoms with Crippen LogP contribution in [0.4, 0.5) is 4.79 Å². The fourth-order valence-corrected chi connectivity index (χ4v) is 5.91. The van der Waals surface area contributed by atoms with Crippen molar-refractivity contribution in [2.45, 2.75) is 76.5 Å². The Hall–Kier alpha value is -5.74. The van der Waals surface area contributed by atoms with Crippen LogP contribution >= 0.6 is 0 Å². The number of aromatic nitrogens is 3. The Morgan fingerprint density at radius 1 is 0.792 bits per heavy atom. The van der Waals surface area contributed by atoms with Gasteiger partial charge in [0.15, 0.2) is 0 Å². The minimum absolute atomic E-state index is 0.121. The zero-order valence-corrected chi connectivity index (χ0v) is 30.2. The third kappa shape index (κ3) is 13.1. The third-order valence-electron chi connectivity index (χ3n) is 8.58. The molecule has 2 heterocycles. The quantitative estimate of drug-likeness (QED) is 0.0434. The minimum Gasteiger partial charge on any atom is -0.361 e. The topological polar surface area (TPSA) is 240 Å². The molecular formula is C37H51N11O5. The summed E-state index contributed by atoms with van der Waals surface area (Å²) in [6, 6.07) is 13.2. The highest BCUT2D eigenvalue weighted by molar-refractivity contribution is 5.94. The van der Waals surface area contributed by atoms with Crippen molar-refractivity contribution in [3.63, 3.8) is 0 Å². The van der Waals surface area contributed by atoms with Crippen molar-refractivity contribution in [1.82, 2.24) is 52.4 Å². The van der Waals surface area contributed by atoms with Crippen molar-refractivity contribution < 1.29 is 24.0 Å². The Balaban J connectivity index is 1.50. The monoisotopic (exact) mass is 729 g/mol. The number of para-hydroxylation sites is 1. The molecule has 16 nitrogen and oxygen atoms in total. The Labute approximate surface area is 308 Å². The standard InChI is InChI=1S/C37H51N11O5/c1-3-40-37(53)48-43-16-10-9-15-31(34(50)45-27(20-38)18-26-21-41-30-14-8-7-13-29(26)30)46-35(51)32(17-25-11-5-4-6-12-25)47-36(52)33(44-24(2)49)19-28-22-39-23-42-28/h4-8,11-14,21-23,27,31-33,41,43H,3,9-10,15-20,38H2,1-2H3,(H,39,42)(H,44,49)(H,45,50)(H,46,51)(H,47,52)(H2,40,48,53)/t27-,31-,32+,33-/m0/s1. The maximum absolute atomic E-state index is 14.1. The van der Waals surface area contributed by atoms with E-state index < -0.39 is 47.8 Å².